The molecule has 0 saturated carbocycles. The van der Waals surface area contributed by atoms with Gasteiger partial charge in [-0.15, -0.1) is 11.3 Å². The number of carbonyl (C=O) groups excluding carboxylic acids is 1. The van der Waals surface area contributed by atoms with Crippen molar-refractivity contribution in [3.05, 3.63) is 124 Å². The predicted octanol–water partition coefficient (Wildman–Crippen LogP) is 7.66. The normalized spacial score (nSPS) is 15.5. The van der Waals surface area contributed by atoms with E-state index < -0.39 is 0 Å². The minimum absolute atomic E-state index is 0.0496. The first kappa shape index (κ1) is 24.5. The zero-order chi connectivity index (χ0) is 24.9. The number of nitrogens with zero attached hydrogens (tertiary/aromatic N) is 1. The van der Waals surface area contributed by atoms with Gasteiger partial charge in [0.1, 0.15) is 5.00 Å². The van der Waals surface area contributed by atoms with Crippen molar-refractivity contribution in [1.29, 1.82) is 0 Å². The lowest BCUT2D eigenvalue weighted by atomic mass is 9.87. The van der Waals surface area contributed by atoms with Crippen LogP contribution in [0, 0.1) is 19.8 Å². The highest BCUT2D eigenvalue weighted by molar-refractivity contribution is 7.16. The number of carbonyl (C=O) groups is 1. The second-order valence-electron chi connectivity index (χ2n) is 9.83. The van der Waals surface area contributed by atoms with Gasteiger partial charge in [0, 0.05) is 16.0 Å². The van der Waals surface area contributed by atoms with E-state index in [2.05, 4.69) is 84.7 Å². The number of anilines is 1. The number of hydrogen-bond acceptors (Lipinski definition) is 3. The maximum atomic E-state index is 13.1. The van der Waals surface area contributed by atoms with Gasteiger partial charge in [-0.05, 0) is 80.9 Å². The molecule has 1 amide bonds. The summed E-state index contributed by atoms with van der Waals surface area (Å²) in [7, 11) is 0. The third-order valence-corrected chi connectivity index (χ3v) is 8.60. The highest BCUT2D eigenvalue weighted by atomic mass is 32.1. The number of piperidine rings is 1. The van der Waals surface area contributed by atoms with Gasteiger partial charge >= 0.3 is 0 Å². The topological polar surface area (TPSA) is 32.3 Å². The maximum absolute atomic E-state index is 13.1. The van der Waals surface area contributed by atoms with Crippen LogP contribution in [-0.4, -0.2) is 23.9 Å². The zero-order valence-corrected chi connectivity index (χ0v) is 21.9. The molecule has 0 spiro atoms. The fourth-order valence-electron chi connectivity index (χ4n) is 5.39. The fourth-order valence-corrected chi connectivity index (χ4v) is 6.48. The molecule has 3 aromatic carbocycles. The molecule has 36 heavy (non-hydrogen) atoms. The van der Waals surface area contributed by atoms with Gasteiger partial charge in [-0.25, -0.2) is 0 Å². The minimum Gasteiger partial charge on any atom is -0.313 e. The summed E-state index contributed by atoms with van der Waals surface area (Å²) in [5, 5.41) is 4.24. The van der Waals surface area contributed by atoms with Crippen molar-refractivity contribution in [1.82, 2.24) is 4.90 Å². The van der Waals surface area contributed by atoms with Crippen LogP contribution in [0.4, 0.5) is 5.00 Å². The summed E-state index contributed by atoms with van der Waals surface area (Å²) in [4.78, 5) is 17.0. The van der Waals surface area contributed by atoms with Crippen molar-refractivity contribution in [3.63, 3.8) is 0 Å². The average molecular weight is 495 g/mol. The van der Waals surface area contributed by atoms with Gasteiger partial charge in [0.15, 0.2) is 0 Å². The fraction of sp³-hybridized carbons (Fsp3) is 0.281. The first-order chi connectivity index (χ1) is 17.6. The highest BCUT2D eigenvalue weighted by Crippen LogP contribution is 2.43. The van der Waals surface area contributed by atoms with Gasteiger partial charge < -0.3 is 5.32 Å². The van der Waals surface area contributed by atoms with Gasteiger partial charge in [-0.1, -0.05) is 78.9 Å². The number of rotatable bonds is 7. The maximum Gasteiger partial charge on any atom is 0.256 e. The Balaban J connectivity index is 1.42. The van der Waals surface area contributed by atoms with E-state index in [1.165, 1.54) is 40.0 Å². The average Bonchev–Trinajstić information content (AvgIpc) is 3.19. The first-order valence-corrected chi connectivity index (χ1v) is 13.7. The summed E-state index contributed by atoms with van der Waals surface area (Å²) in [6, 6.07) is 31.3. The lowest BCUT2D eigenvalue weighted by molar-refractivity contribution is 0.102. The van der Waals surface area contributed by atoms with Crippen LogP contribution in [0.15, 0.2) is 91.0 Å². The molecule has 184 valence electrons. The van der Waals surface area contributed by atoms with E-state index in [4.69, 9.17) is 0 Å². The molecule has 1 fully saturated rings. The Hall–Kier alpha value is -3.21. The lowest BCUT2D eigenvalue weighted by Crippen LogP contribution is -2.38. The summed E-state index contributed by atoms with van der Waals surface area (Å²) >= 11 is 1.69. The summed E-state index contributed by atoms with van der Waals surface area (Å²) in [5.41, 5.74) is 5.93. The van der Waals surface area contributed by atoms with Crippen molar-refractivity contribution in [2.24, 2.45) is 5.92 Å². The Morgan fingerprint density at radius 2 is 1.47 bits per heavy atom. The number of benzene rings is 3. The van der Waals surface area contributed by atoms with Crippen molar-refractivity contribution in [2.75, 3.05) is 18.4 Å². The second kappa shape index (κ2) is 11.2. The number of nitrogens with one attached hydrogen (secondary N) is 1. The zero-order valence-electron chi connectivity index (χ0n) is 21.1. The summed E-state index contributed by atoms with van der Waals surface area (Å²) in [6.07, 6.45) is 3.53. The summed E-state index contributed by atoms with van der Waals surface area (Å²) in [5.74, 6) is 0.661. The van der Waals surface area contributed by atoms with E-state index in [0.717, 1.165) is 24.5 Å². The highest BCUT2D eigenvalue weighted by Gasteiger charge is 2.32. The van der Waals surface area contributed by atoms with Crippen LogP contribution >= 0.6 is 11.3 Å². The van der Waals surface area contributed by atoms with Crippen molar-refractivity contribution >= 4 is 22.2 Å². The molecule has 4 heteroatoms. The molecule has 4 aromatic rings. The van der Waals surface area contributed by atoms with Crippen molar-refractivity contribution < 1.29 is 4.79 Å². The number of aryl methyl sites for hydroxylation is 1. The Morgan fingerprint density at radius 1 is 0.889 bits per heavy atom. The van der Waals surface area contributed by atoms with Crippen LogP contribution in [0.1, 0.15) is 56.4 Å². The SMILES string of the molecule is Cc1sc(NC(=O)c2ccccc2)c([C@@H](c2ccccc2)N2CCC(Cc3ccccc3)CC2)c1C. The van der Waals surface area contributed by atoms with E-state index in [9.17, 15) is 4.79 Å². The van der Waals surface area contributed by atoms with Gasteiger partial charge in [0.2, 0.25) is 0 Å². The van der Waals surface area contributed by atoms with E-state index in [1.807, 2.05) is 30.3 Å². The van der Waals surface area contributed by atoms with Gasteiger partial charge in [-0.2, -0.15) is 0 Å². The molecule has 3 nitrogen and oxygen atoms in total. The standard InChI is InChI=1S/C32H34N2OS/c1-23-24(2)36-32(33-31(35)28-16-10-5-11-17-28)29(23)30(27-14-8-4-9-15-27)34-20-18-26(19-21-34)22-25-12-6-3-7-13-25/h3-17,26,30H,18-22H2,1-2H3,(H,33,35)/t30-/m1/s1. The van der Waals surface area contributed by atoms with Gasteiger partial charge in [0.05, 0.1) is 6.04 Å². The van der Waals surface area contributed by atoms with E-state index in [1.54, 1.807) is 11.3 Å². The molecular weight excluding hydrogens is 460 g/mol. The predicted molar refractivity (Wildman–Crippen MR) is 151 cm³/mol. The Kier molecular flexibility index (Phi) is 7.64. The lowest BCUT2D eigenvalue weighted by Gasteiger charge is -2.38. The monoisotopic (exact) mass is 494 g/mol. The first-order valence-electron chi connectivity index (χ1n) is 12.9. The molecule has 5 rings (SSSR count). The van der Waals surface area contributed by atoms with Crippen LogP contribution in [-0.2, 0) is 6.42 Å². The molecule has 1 aromatic heterocycles. The van der Waals surface area contributed by atoms with Gasteiger partial charge in [0.25, 0.3) is 5.91 Å². The molecule has 1 atom stereocenters. The molecule has 1 saturated heterocycles. The smallest absolute Gasteiger partial charge is 0.256 e. The second-order valence-corrected chi connectivity index (χ2v) is 11.1. The van der Waals surface area contributed by atoms with Crippen LogP contribution in [0.3, 0.4) is 0 Å². The van der Waals surface area contributed by atoms with Crippen LogP contribution < -0.4 is 5.32 Å². The number of likely N-dealkylation sites (tertiary alicyclic amines) is 1. The van der Waals surface area contributed by atoms with E-state index in [-0.39, 0.29) is 11.9 Å². The molecule has 0 aliphatic carbocycles. The quantitative estimate of drug-likeness (QED) is 0.286. The van der Waals surface area contributed by atoms with Crippen molar-refractivity contribution in [3.8, 4) is 0 Å². The van der Waals surface area contributed by atoms with Crippen LogP contribution in [0.25, 0.3) is 0 Å². The molecular formula is C32H34N2OS. The number of hydrogen-bond donors (Lipinski definition) is 1. The van der Waals surface area contributed by atoms with Crippen LogP contribution in [0.2, 0.25) is 0 Å². The summed E-state index contributed by atoms with van der Waals surface area (Å²) in [6.45, 7) is 6.47. The molecule has 2 heterocycles. The Bertz CT molecular complexity index is 1280. The third-order valence-electron chi connectivity index (χ3n) is 7.47. The molecule has 1 aliphatic rings. The van der Waals surface area contributed by atoms with Crippen molar-refractivity contribution in [2.45, 2.75) is 39.2 Å². The Labute approximate surface area is 218 Å². The minimum atomic E-state index is -0.0496. The molecule has 0 unspecified atom stereocenters. The van der Waals surface area contributed by atoms with E-state index >= 15 is 0 Å². The molecule has 0 radical (unpaired) electrons. The largest absolute Gasteiger partial charge is 0.313 e. The third kappa shape index (κ3) is 5.45. The number of thiophene rings is 1. The molecule has 1 N–H and O–H groups in total. The Morgan fingerprint density at radius 3 is 2.11 bits per heavy atom. The van der Waals surface area contributed by atoms with E-state index in [0.29, 0.717) is 11.5 Å². The van der Waals surface area contributed by atoms with Gasteiger partial charge in [-0.3, -0.25) is 9.69 Å². The van der Waals surface area contributed by atoms with Crippen LogP contribution in [0.5, 0.6) is 0 Å². The molecule has 1 aliphatic heterocycles. The molecule has 0 bridgehead atoms. The summed E-state index contributed by atoms with van der Waals surface area (Å²) < 4.78 is 0. The number of amides is 1.